The van der Waals surface area contributed by atoms with Crippen molar-refractivity contribution < 1.29 is 9.59 Å². The average Bonchev–Trinajstić information content (AvgIpc) is 3.00. The molecule has 0 unspecified atom stereocenters. The van der Waals surface area contributed by atoms with Crippen molar-refractivity contribution in [2.75, 3.05) is 13.1 Å². The molecule has 2 N–H and O–H groups in total. The van der Waals surface area contributed by atoms with Gasteiger partial charge >= 0.3 is 0 Å². The predicted molar refractivity (Wildman–Crippen MR) is 89.2 cm³/mol. The first kappa shape index (κ1) is 16.2. The maximum atomic E-state index is 11.9. The van der Waals surface area contributed by atoms with Crippen LogP contribution in [-0.2, 0) is 11.2 Å². The first-order chi connectivity index (χ1) is 10.6. The quantitative estimate of drug-likeness (QED) is 0.825. The Bertz CT molecular complexity index is 623. The molecule has 0 spiro atoms. The van der Waals surface area contributed by atoms with Crippen LogP contribution in [0.1, 0.15) is 27.2 Å². The fourth-order valence-corrected chi connectivity index (χ4v) is 2.76. The summed E-state index contributed by atoms with van der Waals surface area (Å²) in [7, 11) is 0. The number of benzene rings is 1. The molecule has 1 aromatic carbocycles. The molecule has 22 heavy (non-hydrogen) atoms. The van der Waals surface area contributed by atoms with E-state index in [1.807, 2.05) is 36.6 Å². The molecule has 0 fully saturated rings. The lowest BCUT2D eigenvalue weighted by atomic mass is 10.1. The molecular weight excluding hydrogens is 296 g/mol. The summed E-state index contributed by atoms with van der Waals surface area (Å²) < 4.78 is 0. The van der Waals surface area contributed by atoms with Crippen LogP contribution in [0.5, 0.6) is 0 Å². The highest BCUT2D eigenvalue weighted by molar-refractivity contribution is 7.09. The molecular formula is C17H20N2O2S. The first-order valence-corrected chi connectivity index (χ1v) is 8.17. The zero-order chi connectivity index (χ0) is 15.8. The van der Waals surface area contributed by atoms with Crippen LogP contribution in [0, 0.1) is 6.92 Å². The van der Waals surface area contributed by atoms with Crippen LogP contribution in [0.3, 0.4) is 0 Å². The number of carbonyl (C=O) groups excluding carboxylic acids is 2. The van der Waals surface area contributed by atoms with Crippen molar-refractivity contribution in [3.8, 4) is 0 Å². The SMILES string of the molecule is Cc1cccc(C(=O)NCCC(=O)NCCc2cccs2)c1. The van der Waals surface area contributed by atoms with Crippen molar-refractivity contribution in [3.63, 3.8) is 0 Å². The summed E-state index contributed by atoms with van der Waals surface area (Å²) in [5, 5.41) is 7.65. The second kappa shape index (κ2) is 8.34. The molecule has 4 nitrogen and oxygen atoms in total. The van der Waals surface area contributed by atoms with Gasteiger partial charge in [-0.3, -0.25) is 9.59 Å². The van der Waals surface area contributed by atoms with Gasteiger partial charge in [0.2, 0.25) is 5.91 Å². The molecule has 0 bridgehead atoms. The van der Waals surface area contributed by atoms with Crippen LogP contribution in [0.15, 0.2) is 41.8 Å². The molecule has 5 heteroatoms. The first-order valence-electron chi connectivity index (χ1n) is 7.29. The minimum absolute atomic E-state index is 0.0406. The number of nitrogens with one attached hydrogen (secondary N) is 2. The summed E-state index contributed by atoms with van der Waals surface area (Å²) in [6.07, 6.45) is 1.14. The second-order valence-electron chi connectivity index (χ2n) is 5.05. The summed E-state index contributed by atoms with van der Waals surface area (Å²) in [5.41, 5.74) is 1.66. The molecule has 2 amide bonds. The van der Waals surface area contributed by atoms with Crippen LogP contribution >= 0.6 is 11.3 Å². The molecule has 1 aromatic heterocycles. The van der Waals surface area contributed by atoms with Crippen molar-refractivity contribution in [2.45, 2.75) is 19.8 Å². The summed E-state index contributed by atoms with van der Waals surface area (Å²) in [6, 6.07) is 11.4. The van der Waals surface area contributed by atoms with Crippen LogP contribution in [0.2, 0.25) is 0 Å². The average molecular weight is 316 g/mol. The Morgan fingerprint density at radius 2 is 1.95 bits per heavy atom. The minimum atomic E-state index is -0.143. The van der Waals surface area contributed by atoms with E-state index in [-0.39, 0.29) is 11.8 Å². The monoisotopic (exact) mass is 316 g/mol. The van der Waals surface area contributed by atoms with Crippen LogP contribution < -0.4 is 10.6 Å². The lowest BCUT2D eigenvalue weighted by Crippen LogP contribution is -2.31. The van der Waals surface area contributed by atoms with Gasteiger partial charge in [0.25, 0.3) is 5.91 Å². The van der Waals surface area contributed by atoms with Gasteiger partial charge in [-0.15, -0.1) is 11.3 Å². The molecule has 0 aliphatic carbocycles. The Balaban J connectivity index is 1.63. The molecule has 0 aliphatic rings. The lowest BCUT2D eigenvalue weighted by Gasteiger charge is -2.07. The Morgan fingerprint density at radius 3 is 2.68 bits per heavy atom. The van der Waals surface area contributed by atoms with Gasteiger partial charge in [-0.2, -0.15) is 0 Å². The molecule has 0 atom stereocenters. The van der Waals surface area contributed by atoms with Gasteiger partial charge in [0, 0.05) is 30.0 Å². The minimum Gasteiger partial charge on any atom is -0.356 e. The van der Waals surface area contributed by atoms with Crippen molar-refractivity contribution in [1.82, 2.24) is 10.6 Å². The second-order valence-corrected chi connectivity index (χ2v) is 6.09. The molecule has 2 aromatic rings. The van der Waals surface area contributed by atoms with Gasteiger partial charge in [-0.05, 0) is 36.9 Å². The van der Waals surface area contributed by atoms with Crippen molar-refractivity contribution >= 4 is 23.2 Å². The van der Waals surface area contributed by atoms with Gasteiger partial charge in [-0.25, -0.2) is 0 Å². The van der Waals surface area contributed by atoms with Gasteiger partial charge in [0.05, 0.1) is 0 Å². The van der Waals surface area contributed by atoms with Crippen LogP contribution in [0.25, 0.3) is 0 Å². The van der Waals surface area contributed by atoms with Gasteiger partial charge < -0.3 is 10.6 Å². The highest BCUT2D eigenvalue weighted by atomic mass is 32.1. The smallest absolute Gasteiger partial charge is 0.251 e. The summed E-state index contributed by atoms with van der Waals surface area (Å²) >= 11 is 1.69. The normalized spacial score (nSPS) is 10.2. The molecule has 0 aliphatic heterocycles. The van der Waals surface area contributed by atoms with Gasteiger partial charge in [-0.1, -0.05) is 23.8 Å². The molecule has 0 radical (unpaired) electrons. The van der Waals surface area contributed by atoms with E-state index in [9.17, 15) is 9.59 Å². The van der Waals surface area contributed by atoms with E-state index in [2.05, 4.69) is 16.7 Å². The number of hydrogen-bond donors (Lipinski definition) is 2. The van der Waals surface area contributed by atoms with E-state index < -0.39 is 0 Å². The van der Waals surface area contributed by atoms with Crippen molar-refractivity contribution in [3.05, 3.63) is 57.8 Å². The van der Waals surface area contributed by atoms with Gasteiger partial charge in [0.1, 0.15) is 0 Å². The third-order valence-electron chi connectivity index (χ3n) is 3.19. The number of aryl methyl sites for hydroxylation is 1. The van der Waals surface area contributed by atoms with Crippen LogP contribution in [-0.4, -0.2) is 24.9 Å². The third kappa shape index (κ3) is 5.33. The Kier molecular flexibility index (Phi) is 6.15. The molecule has 1 heterocycles. The van der Waals surface area contributed by atoms with E-state index in [0.717, 1.165) is 12.0 Å². The maximum absolute atomic E-state index is 11.9. The zero-order valence-corrected chi connectivity index (χ0v) is 13.4. The van der Waals surface area contributed by atoms with Gasteiger partial charge in [0.15, 0.2) is 0 Å². The Labute approximate surface area is 134 Å². The van der Waals surface area contributed by atoms with E-state index >= 15 is 0 Å². The Hall–Kier alpha value is -2.14. The maximum Gasteiger partial charge on any atom is 0.251 e. The highest BCUT2D eigenvalue weighted by Gasteiger charge is 2.06. The van der Waals surface area contributed by atoms with E-state index in [4.69, 9.17) is 0 Å². The number of amides is 2. The number of rotatable bonds is 7. The number of thiophene rings is 1. The topological polar surface area (TPSA) is 58.2 Å². The highest BCUT2D eigenvalue weighted by Crippen LogP contribution is 2.08. The van der Waals surface area contributed by atoms with Crippen LogP contribution in [0.4, 0.5) is 0 Å². The van der Waals surface area contributed by atoms with E-state index in [1.54, 1.807) is 17.4 Å². The standard InChI is InChI=1S/C17H20N2O2S/c1-13-4-2-5-14(12-13)17(21)19-10-8-16(20)18-9-7-15-6-3-11-22-15/h2-6,11-12H,7-10H2,1H3,(H,18,20)(H,19,21). The molecule has 116 valence electrons. The molecule has 0 saturated heterocycles. The van der Waals surface area contributed by atoms with Crippen molar-refractivity contribution in [1.29, 1.82) is 0 Å². The summed E-state index contributed by atoms with van der Waals surface area (Å²) in [4.78, 5) is 24.8. The third-order valence-corrected chi connectivity index (χ3v) is 4.13. The molecule has 2 rings (SSSR count). The van der Waals surface area contributed by atoms with E-state index in [1.165, 1.54) is 4.88 Å². The van der Waals surface area contributed by atoms with Crippen molar-refractivity contribution in [2.24, 2.45) is 0 Å². The van der Waals surface area contributed by atoms with E-state index in [0.29, 0.717) is 25.1 Å². The number of carbonyl (C=O) groups is 2. The largest absolute Gasteiger partial charge is 0.356 e. The predicted octanol–water partition coefficient (Wildman–Crippen LogP) is 2.54. The lowest BCUT2D eigenvalue weighted by molar-refractivity contribution is -0.120. The summed E-state index contributed by atoms with van der Waals surface area (Å²) in [5.74, 6) is -0.184. The summed E-state index contributed by atoms with van der Waals surface area (Å²) in [6.45, 7) is 2.92. The Morgan fingerprint density at radius 1 is 1.09 bits per heavy atom. The molecule has 0 saturated carbocycles. The fourth-order valence-electron chi connectivity index (χ4n) is 2.05. The number of hydrogen-bond acceptors (Lipinski definition) is 3. The fraction of sp³-hybridized carbons (Fsp3) is 0.294. The zero-order valence-electron chi connectivity index (χ0n) is 12.6.